The van der Waals surface area contributed by atoms with E-state index in [2.05, 4.69) is 9.46 Å². The predicted octanol–water partition coefficient (Wildman–Crippen LogP) is 0.637. The minimum atomic E-state index is -3.82. The smallest absolute Gasteiger partial charge is 0.347 e. The molecule has 0 unspecified atom stereocenters. The van der Waals surface area contributed by atoms with Gasteiger partial charge in [0.25, 0.3) is 0 Å². The van der Waals surface area contributed by atoms with Crippen LogP contribution >= 0.6 is 11.3 Å². The first kappa shape index (κ1) is 13.1. The van der Waals surface area contributed by atoms with E-state index in [4.69, 9.17) is 5.11 Å². The highest BCUT2D eigenvalue weighted by molar-refractivity contribution is 7.89. The Hall–Kier alpha value is -0.960. The highest BCUT2D eigenvalue weighted by Gasteiger charge is 2.24. The largest absolute Gasteiger partial charge is 0.477 e. The summed E-state index contributed by atoms with van der Waals surface area (Å²) < 4.78 is 30.1. The molecule has 1 aromatic heterocycles. The Kier molecular flexibility index (Phi) is 4.03. The summed E-state index contributed by atoms with van der Waals surface area (Å²) in [5, 5.41) is 8.85. The van der Waals surface area contributed by atoms with Gasteiger partial charge in [-0.3, -0.25) is 0 Å². The number of carboxylic acid groups (broad SMARTS) is 1. The summed E-state index contributed by atoms with van der Waals surface area (Å²) in [7, 11) is -2.49. The molecule has 0 spiro atoms. The van der Waals surface area contributed by atoms with Gasteiger partial charge in [0.2, 0.25) is 10.0 Å². The lowest BCUT2D eigenvalue weighted by Gasteiger charge is -2.04. The second-order valence-corrected chi connectivity index (χ2v) is 5.93. The number of aryl methyl sites for hydroxylation is 1. The summed E-state index contributed by atoms with van der Waals surface area (Å²) in [5.41, 5.74) is 0. The van der Waals surface area contributed by atoms with Crippen LogP contribution in [0.2, 0.25) is 0 Å². The maximum atomic E-state index is 11.7. The molecule has 0 fully saturated rings. The first-order chi connectivity index (χ1) is 7.38. The van der Waals surface area contributed by atoms with Gasteiger partial charge in [0.05, 0.1) is 0 Å². The summed E-state index contributed by atoms with van der Waals surface area (Å²) in [4.78, 5) is 11.0. The van der Waals surface area contributed by atoms with E-state index in [0.717, 1.165) is 11.3 Å². The molecule has 0 atom stereocenters. The molecule has 0 bridgehead atoms. The monoisotopic (exact) mass is 265 g/mol. The van der Waals surface area contributed by atoms with Crippen molar-refractivity contribution in [2.24, 2.45) is 0 Å². The number of carbonyl (C=O) groups is 1. The summed E-state index contributed by atoms with van der Waals surface area (Å²) in [6.45, 7) is 1.45. The number of carboxylic acids is 1. The molecule has 6 nitrogen and oxygen atoms in total. The number of ether oxygens (including phenoxy) is 1. The SMILES string of the molecule is COCNS(=O)(=O)c1cc(C)sc1C(=O)O. The van der Waals surface area contributed by atoms with Crippen molar-refractivity contribution in [3.8, 4) is 0 Å². The van der Waals surface area contributed by atoms with Gasteiger partial charge in [-0.1, -0.05) is 0 Å². The fourth-order valence-electron chi connectivity index (χ4n) is 1.05. The molecule has 2 N–H and O–H groups in total. The molecule has 1 heterocycles. The van der Waals surface area contributed by atoms with Crippen molar-refractivity contribution in [1.82, 2.24) is 4.72 Å². The molecule has 1 rings (SSSR count). The van der Waals surface area contributed by atoms with Crippen LogP contribution in [-0.2, 0) is 14.8 Å². The molecule has 0 aromatic carbocycles. The van der Waals surface area contributed by atoms with Crippen LogP contribution in [0.4, 0.5) is 0 Å². The van der Waals surface area contributed by atoms with Crippen LogP contribution in [0.15, 0.2) is 11.0 Å². The minimum Gasteiger partial charge on any atom is -0.477 e. The third-order valence-corrected chi connectivity index (χ3v) is 4.26. The van der Waals surface area contributed by atoms with Crippen LogP contribution in [-0.4, -0.2) is 33.3 Å². The van der Waals surface area contributed by atoms with E-state index in [1.54, 1.807) is 6.92 Å². The van der Waals surface area contributed by atoms with Crippen LogP contribution in [0.1, 0.15) is 14.5 Å². The van der Waals surface area contributed by atoms with Gasteiger partial charge in [0.1, 0.15) is 16.5 Å². The fourth-order valence-corrected chi connectivity index (χ4v) is 3.42. The van der Waals surface area contributed by atoms with Crippen molar-refractivity contribution in [2.45, 2.75) is 11.8 Å². The lowest BCUT2D eigenvalue weighted by Crippen LogP contribution is -2.26. The van der Waals surface area contributed by atoms with Gasteiger partial charge in [0, 0.05) is 12.0 Å². The van der Waals surface area contributed by atoms with Crippen LogP contribution in [0.25, 0.3) is 0 Å². The summed E-state index contributed by atoms with van der Waals surface area (Å²) in [5.74, 6) is -1.25. The number of rotatable bonds is 5. The molecular formula is C8H11NO5S2. The molecule has 0 radical (unpaired) electrons. The number of hydrogen-bond acceptors (Lipinski definition) is 5. The molecular weight excluding hydrogens is 254 g/mol. The molecule has 0 saturated heterocycles. The molecule has 0 aliphatic carbocycles. The Labute approximate surface area is 96.9 Å². The van der Waals surface area contributed by atoms with Crippen molar-refractivity contribution in [3.05, 3.63) is 15.8 Å². The van der Waals surface area contributed by atoms with Gasteiger partial charge < -0.3 is 9.84 Å². The van der Waals surface area contributed by atoms with Crippen molar-refractivity contribution in [1.29, 1.82) is 0 Å². The lowest BCUT2D eigenvalue weighted by molar-refractivity contribution is 0.0698. The average Bonchev–Trinajstić information content (AvgIpc) is 2.58. The quantitative estimate of drug-likeness (QED) is 0.762. The topological polar surface area (TPSA) is 92.7 Å². The minimum absolute atomic E-state index is 0.193. The maximum absolute atomic E-state index is 11.7. The van der Waals surface area contributed by atoms with Crippen molar-refractivity contribution in [2.75, 3.05) is 13.8 Å². The van der Waals surface area contributed by atoms with Crippen LogP contribution in [0.5, 0.6) is 0 Å². The molecule has 90 valence electrons. The lowest BCUT2D eigenvalue weighted by atomic mass is 10.4. The Morgan fingerprint density at radius 2 is 2.25 bits per heavy atom. The standard InChI is InChI=1S/C8H11NO5S2/c1-5-3-6(7(15-5)8(10)11)16(12,13)9-4-14-2/h3,9H,4H2,1-2H3,(H,10,11). The Bertz CT molecular complexity index is 491. The third-order valence-electron chi connectivity index (χ3n) is 1.70. The molecule has 8 heteroatoms. The number of sulfonamides is 1. The van der Waals surface area contributed by atoms with Gasteiger partial charge >= 0.3 is 5.97 Å². The molecule has 0 amide bonds. The van der Waals surface area contributed by atoms with Crippen LogP contribution in [0.3, 0.4) is 0 Å². The van der Waals surface area contributed by atoms with Gasteiger partial charge in [-0.25, -0.2) is 13.2 Å². The normalized spacial score (nSPS) is 11.6. The predicted molar refractivity (Wildman–Crippen MR) is 58.2 cm³/mol. The third kappa shape index (κ3) is 2.79. The van der Waals surface area contributed by atoms with E-state index in [0.29, 0.717) is 4.88 Å². The second kappa shape index (κ2) is 4.91. The van der Waals surface area contributed by atoms with E-state index in [-0.39, 0.29) is 16.5 Å². The van der Waals surface area contributed by atoms with E-state index >= 15 is 0 Å². The van der Waals surface area contributed by atoms with Crippen molar-refractivity contribution in [3.63, 3.8) is 0 Å². The molecule has 0 saturated carbocycles. The number of nitrogens with one attached hydrogen (secondary N) is 1. The van der Waals surface area contributed by atoms with Crippen LogP contribution < -0.4 is 4.72 Å². The Morgan fingerprint density at radius 3 is 2.75 bits per heavy atom. The molecule has 1 aromatic rings. The number of thiophene rings is 1. The van der Waals surface area contributed by atoms with E-state index in [9.17, 15) is 13.2 Å². The summed E-state index contributed by atoms with van der Waals surface area (Å²) in [6, 6.07) is 1.33. The zero-order chi connectivity index (χ0) is 12.3. The molecule has 0 aliphatic rings. The Morgan fingerprint density at radius 1 is 1.62 bits per heavy atom. The van der Waals surface area contributed by atoms with Crippen molar-refractivity contribution < 1.29 is 23.1 Å². The molecule has 16 heavy (non-hydrogen) atoms. The first-order valence-electron chi connectivity index (χ1n) is 4.21. The van der Waals surface area contributed by atoms with Gasteiger partial charge in [-0.05, 0) is 13.0 Å². The number of methoxy groups -OCH3 is 1. The number of aromatic carboxylic acids is 1. The van der Waals surface area contributed by atoms with Crippen LogP contribution in [0, 0.1) is 6.92 Å². The maximum Gasteiger partial charge on any atom is 0.347 e. The second-order valence-electron chi connectivity index (χ2n) is 2.94. The zero-order valence-corrected chi connectivity index (χ0v) is 10.3. The fraction of sp³-hybridized carbons (Fsp3) is 0.375. The first-order valence-corrected chi connectivity index (χ1v) is 6.51. The summed E-state index contributed by atoms with van der Waals surface area (Å²) in [6.07, 6.45) is 0. The van der Waals surface area contributed by atoms with E-state index in [1.165, 1.54) is 13.2 Å². The van der Waals surface area contributed by atoms with Gasteiger partial charge in [0.15, 0.2) is 0 Å². The van der Waals surface area contributed by atoms with Gasteiger partial charge in [-0.15, -0.1) is 11.3 Å². The number of hydrogen-bond donors (Lipinski definition) is 2. The highest BCUT2D eigenvalue weighted by Crippen LogP contribution is 2.25. The Balaban J connectivity index is 3.17. The average molecular weight is 265 g/mol. The van der Waals surface area contributed by atoms with E-state index in [1.807, 2.05) is 0 Å². The zero-order valence-electron chi connectivity index (χ0n) is 8.68. The van der Waals surface area contributed by atoms with Gasteiger partial charge in [-0.2, -0.15) is 4.72 Å². The highest BCUT2D eigenvalue weighted by atomic mass is 32.2. The van der Waals surface area contributed by atoms with E-state index < -0.39 is 16.0 Å². The molecule has 0 aliphatic heterocycles. The van der Waals surface area contributed by atoms with Crippen molar-refractivity contribution >= 4 is 27.3 Å². The summed E-state index contributed by atoms with van der Waals surface area (Å²) >= 11 is 0.923.